The number of fused-ring (bicyclic) bond motifs is 2. The summed E-state index contributed by atoms with van der Waals surface area (Å²) in [5.74, 6) is 4.24. The first kappa shape index (κ1) is 24.9. The Hall–Kier alpha value is -4.12. The number of nitrogens with two attached hydrogens (primary N) is 1. The summed E-state index contributed by atoms with van der Waals surface area (Å²) < 4.78 is 12.4. The number of hydrogen-bond donors (Lipinski definition) is 2. The van der Waals surface area contributed by atoms with Gasteiger partial charge in [-0.15, -0.1) is 5.10 Å². The molecule has 0 amide bonds. The molecule has 2 aromatic heterocycles. The van der Waals surface area contributed by atoms with E-state index in [0.29, 0.717) is 34.2 Å². The van der Waals surface area contributed by atoms with Crippen LogP contribution in [-0.2, 0) is 0 Å². The summed E-state index contributed by atoms with van der Waals surface area (Å²) in [4.78, 5) is 18.5. The van der Waals surface area contributed by atoms with Crippen LogP contribution in [0.5, 0.6) is 11.5 Å². The number of benzene rings is 2. The van der Waals surface area contributed by atoms with Crippen LogP contribution in [0.2, 0.25) is 0 Å². The number of aromatic nitrogens is 5. The third-order valence-electron chi connectivity index (χ3n) is 8.98. The van der Waals surface area contributed by atoms with Gasteiger partial charge in [0.15, 0.2) is 17.3 Å². The molecule has 1 saturated heterocycles. The van der Waals surface area contributed by atoms with E-state index in [1.807, 2.05) is 6.07 Å². The number of piperazine rings is 1. The zero-order valence-electron chi connectivity index (χ0n) is 23.0. The Morgan fingerprint density at radius 1 is 0.950 bits per heavy atom. The lowest BCUT2D eigenvalue weighted by atomic mass is 9.70. The quantitative estimate of drug-likeness (QED) is 0.357. The van der Waals surface area contributed by atoms with Crippen molar-refractivity contribution >= 4 is 34.2 Å². The fourth-order valence-corrected chi connectivity index (χ4v) is 6.84. The molecule has 11 nitrogen and oxygen atoms in total. The summed E-state index contributed by atoms with van der Waals surface area (Å²) in [6.45, 7) is 4.47. The van der Waals surface area contributed by atoms with E-state index in [-0.39, 0.29) is 5.95 Å². The lowest BCUT2D eigenvalue weighted by Crippen LogP contribution is -2.57. The molecule has 3 N–H and O–H groups in total. The summed E-state index contributed by atoms with van der Waals surface area (Å²) in [5.41, 5.74) is 9.08. The van der Waals surface area contributed by atoms with Crippen molar-refractivity contribution in [1.29, 1.82) is 0 Å². The van der Waals surface area contributed by atoms with E-state index in [9.17, 15) is 0 Å². The van der Waals surface area contributed by atoms with Crippen LogP contribution in [0, 0.1) is 11.8 Å². The van der Waals surface area contributed by atoms with Crippen LogP contribution in [0.25, 0.3) is 16.7 Å². The summed E-state index contributed by atoms with van der Waals surface area (Å²) in [6.07, 6.45) is 7.25. The molecule has 3 aliphatic rings. The Labute approximate surface area is 233 Å². The maximum atomic E-state index is 6.26. The Kier molecular flexibility index (Phi) is 6.30. The highest BCUT2D eigenvalue weighted by atomic mass is 16.5. The van der Waals surface area contributed by atoms with E-state index in [1.165, 1.54) is 42.4 Å². The predicted octanol–water partition coefficient (Wildman–Crippen LogP) is 3.86. The van der Waals surface area contributed by atoms with Gasteiger partial charge >= 0.3 is 0 Å². The fraction of sp³-hybridized carbons (Fsp3) is 0.448. The first-order chi connectivity index (χ1) is 19.6. The number of hydrogen-bond acceptors (Lipinski definition) is 10. The first-order valence-corrected chi connectivity index (χ1v) is 14.1. The molecular weight excluding hydrogens is 506 g/mol. The molecule has 2 aliphatic carbocycles. The Bertz CT molecular complexity index is 1510. The van der Waals surface area contributed by atoms with Gasteiger partial charge in [-0.3, -0.25) is 4.90 Å². The number of nitrogens with zero attached hydrogens (tertiary/aromatic N) is 7. The number of nitrogens with one attached hydrogen (secondary N) is 1. The first-order valence-electron chi connectivity index (χ1n) is 14.1. The second-order valence-corrected chi connectivity index (χ2v) is 11.0. The van der Waals surface area contributed by atoms with Gasteiger partial charge in [0, 0.05) is 55.0 Å². The van der Waals surface area contributed by atoms with Crippen LogP contribution in [0.15, 0.2) is 42.7 Å². The van der Waals surface area contributed by atoms with Crippen molar-refractivity contribution in [3.63, 3.8) is 0 Å². The lowest BCUT2D eigenvalue weighted by Gasteiger charge is -2.50. The van der Waals surface area contributed by atoms with Gasteiger partial charge < -0.3 is 25.4 Å². The highest BCUT2D eigenvalue weighted by Gasteiger charge is 2.46. The van der Waals surface area contributed by atoms with Crippen molar-refractivity contribution < 1.29 is 9.47 Å². The molecular formula is C29H35N9O2. The average molecular weight is 542 g/mol. The third kappa shape index (κ3) is 4.34. The Morgan fingerprint density at radius 2 is 1.73 bits per heavy atom. The topological polar surface area (TPSA) is 119 Å². The smallest absolute Gasteiger partial charge is 0.248 e. The van der Waals surface area contributed by atoms with Crippen molar-refractivity contribution in [2.24, 2.45) is 11.8 Å². The maximum Gasteiger partial charge on any atom is 0.248 e. The minimum Gasteiger partial charge on any atom is -0.493 e. The molecule has 3 unspecified atom stereocenters. The van der Waals surface area contributed by atoms with Gasteiger partial charge in [-0.2, -0.15) is 9.67 Å². The van der Waals surface area contributed by atoms with Gasteiger partial charge in [-0.25, -0.2) is 9.97 Å². The number of nitrogen functional groups attached to an aromatic ring is 1. The van der Waals surface area contributed by atoms with Crippen LogP contribution in [0.1, 0.15) is 25.7 Å². The molecule has 7 rings (SSSR count). The molecule has 3 fully saturated rings. The zero-order chi connectivity index (χ0) is 27.2. The molecule has 1 aliphatic heterocycles. The van der Waals surface area contributed by atoms with Gasteiger partial charge in [0.25, 0.3) is 0 Å². The Morgan fingerprint density at radius 3 is 2.48 bits per heavy atom. The molecule has 0 radical (unpaired) electrons. The second kappa shape index (κ2) is 10.1. The Balaban J connectivity index is 1.03. The van der Waals surface area contributed by atoms with E-state index in [1.54, 1.807) is 20.3 Å². The van der Waals surface area contributed by atoms with Gasteiger partial charge in [0.1, 0.15) is 6.33 Å². The zero-order valence-corrected chi connectivity index (χ0v) is 23.0. The number of rotatable bonds is 7. The van der Waals surface area contributed by atoms with E-state index < -0.39 is 0 Å². The van der Waals surface area contributed by atoms with Gasteiger partial charge in [0.05, 0.1) is 19.7 Å². The van der Waals surface area contributed by atoms with Gasteiger partial charge in [-0.1, -0.05) is 12.8 Å². The average Bonchev–Trinajstić information content (AvgIpc) is 3.53. The normalized spacial score (nSPS) is 22.6. The lowest BCUT2D eigenvalue weighted by molar-refractivity contribution is 0.0193. The molecule has 208 valence electrons. The highest BCUT2D eigenvalue weighted by Crippen LogP contribution is 2.49. The van der Waals surface area contributed by atoms with Crippen molar-refractivity contribution in [1.82, 2.24) is 29.6 Å². The summed E-state index contributed by atoms with van der Waals surface area (Å²) in [6, 6.07) is 12.9. The fourth-order valence-electron chi connectivity index (χ4n) is 6.84. The largest absolute Gasteiger partial charge is 0.493 e. The SMILES string of the molecule is COc1cc2ncnc(-n3nc(Nc4ccc(N5CCN(C6CC7CCCC76)CC5)cc4)nc3N)c2cc1OC. The number of ether oxygens (including phenoxy) is 2. The van der Waals surface area contributed by atoms with Crippen LogP contribution in [0.3, 0.4) is 0 Å². The van der Waals surface area contributed by atoms with Crippen molar-refractivity contribution in [2.75, 3.05) is 56.3 Å². The van der Waals surface area contributed by atoms with Crippen LogP contribution < -0.4 is 25.4 Å². The third-order valence-corrected chi connectivity index (χ3v) is 8.98. The molecule has 3 atom stereocenters. The molecule has 0 spiro atoms. The molecule has 0 bridgehead atoms. The van der Waals surface area contributed by atoms with Gasteiger partial charge in [-0.05, 0) is 55.0 Å². The molecule has 2 saturated carbocycles. The monoisotopic (exact) mass is 541 g/mol. The second-order valence-electron chi connectivity index (χ2n) is 11.0. The molecule has 3 heterocycles. The van der Waals surface area contributed by atoms with Crippen molar-refractivity contribution in [3.05, 3.63) is 42.7 Å². The van der Waals surface area contributed by atoms with E-state index in [0.717, 1.165) is 49.7 Å². The van der Waals surface area contributed by atoms with Gasteiger partial charge in [0.2, 0.25) is 11.9 Å². The molecule has 11 heteroatoms. The molecule has 4 aromatic rings. The van der Waals surface area contributed by atoms with Crippen LogP contribution >= 0.6 is 0 Å². The van der Waals surface area contributed by atoms with Crippen molar-refractivity contribution in [2.45, 2.75) is 31.7 Å². The summed E-state index contributed by atoms with van der Waals surface area (Å²) >= 11 is 0. The summed E-state index contributed by atoms with van der Waals surface area (Å²) in [7, 11) is 3.18. The number of methoxy groups -OCH3 is 2. The maximum absolute atomic E-state index is 6.26. The standard InChI is InChI=1S/C29H35N9O2/c1-39-25-15-22-23(16-26(25)40-2)31-17-32-27(22)38-28(30)34-29(35-38)33-19-6-8-20(9-7-19)36-10-12-37(13-11-36)24-14-18-4-3-5-21(18)24/h6-9,15-18,21,24H,3-5,10-14H2,1-2H3,(H3,30,33,34,35). The minimum atomic E-state index is 0.210. The predicted molar refractivity (Wildman–Crippen MR) is 155 cm³/mol. The van der Waals surface area contributed by atoms with Crippen molar-refractivity contribution in [3.8, 4) is 17.3 Å². The van der Waals surface area contributed by atoms with E-state index in [4.69, 9.17) is 15.2 Å². The minimum absolute atomic E-state index is 0.210. The molecule has 2 aromatic carbocycles. The van der Waals surface area contributed by atoms with E-state index in [2.05, 4.69) is 59.4 Å². The highest BCUT2D eigenvalue weighted by molar-refractivity contribution is 5.88. The molecule has 40 heavy (non-hydrogen) atoms. The summed E-state index contributed by atoms with van der Waals surface area (Å²) in [5, 5.41) is 8.58. The van der Waals surface area contributed by atoms with E-state index >= 15 is 0 Å². The van der Waals surface area contributed by atoms with Crippen LogP contribution in [-0.4, -0.2) is 76.1 Å². The number of anilines is 4. The van der Waals surface area contributed by atoms with Crippen LogP contribution in [0.4, 0.5) is 23.3 Å².